The molecule has 23 heavy (non-hydrogen) atoms. The van der Waals surface area contributed by atoms with E-state index >= 15 is 0 Å². The number of H-pyrrole nitrogens is 1. The number of aromatic nitrogens is 2. The highest BCUT2D eigenvalue weighted by Crippen LogP contribution is 2.29. The van der Waals surface area contributed by atoms with Crippen molar-refractivity contribution in [2.24, 2.45) is 0 Å². The van der Waals surface area contributed by atoms with E-state index in [0.29, 0.717) is 17.7 Å². The molecule has 5 nitrogen and oxygen atoms in total. The zero-order valence-electron chi connectivity index (χ0n) is 13.1. The Balaban J connectivity index is 2.46. The summed E-state index contributed by atoms with van der Waals surface area (Å²) >= 11 is 0. The number of fused-ring (bicyclic) bond motifs is 1. The van der Waals surface area contributed by atoms with Crippen LogP contribution in [-0.2, 0) is 17.9 Å². The van der Waals surface area contributed by atoms with E-state index in [1.807, 2.05) is 49.4 Å². The van der Waals surface area contributed by atoms with Crippen LogP contribution in [0.1, 0.15) is 12.5 Å². The SMILES string of the molecule is CCc1c(-c2cccc3ccccc23)n(COC)c(=O)[nH]c1=O. The maximum Gasteiger partial charge on any atom is 0.330 e. The van der Waals surface area contributed by atoms with Crippen LogP contribution in [0.2, 0.25) is 0 Å². The summed E-state index contributed by atoms with van der Waals surface area (Å²) in [6, 6.07) is 13.8. The fourth-order valence-corrected chi connectivity index (χ4v) is 2.93. The van der Waals surface area contributed by atoms with Gasteiger partial charge in [0.05, 0.1) is 5.69 Å². The third-order valence-electron chi connectivity index (χ3n) is 3.95. The average Bonchev–Trinajstić information content (AvgIpc) is 2.56. The summed E-state index contributed by atoms with van der Waals surface area (Å²) in [4.78, 5) is 26.9. The lowest BCUT2D eigenvalue weighted by molar-refractivity contribution is 0.128. The Bertz CT molecular complexity index is 965. The fraction of sp³-hybridized carbons (Fsp3) is 0.222. The number of rotatable bonds is 4. The summed E-state index contributed by atoms with van der Waals surface area (Å²) in [7, 11) is 1.52. The summed E-state index contributed by atoms with van der Waals surface area (Å²) in [5.41, 5.74) is 1.27. The Labute approximate surface area is 133 Å². The van der Waals surface area contributed by atoms with Gasteiger partial charge in [-0.15, -0.1) is 0 Å². The molecule has 1 N–H and O–H groups in total. The van der Waals surface area contributed by atoms with Gasteiger partial charge < -0.3 is 4.74 Å². The van der Waals surface area contributed by atoms with Gasteiger partial charge in [0, 0.05) is 18.2 Å². The molecular formula is C18H18N2O3. The van der Waals surface area contributed by atoms with Crippen LogP contribution in [0, 0.1) is 0 Å². The number of hydrogen-bond donors (Lipinski definition) is 1. The van der Waals surface area contributed by atoms with Crippen LogP contribution in [0.4, 0.5) is 0 Å². The van der Waals surface area contributed by atoms with Crippen LogP contribution in [0.5, 0.6) is 0 Å². The molecule has 0 unspecified atom stereocenters. The average molecular weight is 310 g/mol. The Morgan fingerprint density at radius 3 is 2.57 bits per heavy atom. The summed E-state index contributed by atoms with van der Waals surface area (Å²) in [5.74, 6) is 0. The monoisotopic (exact) mass is 310 g/mol. The van der Waals surface area contributed by atoms with Gasteiger partial charge in [-0.25, -0.2) is 4.79 Å². The van der Waals surface area contributed by atoms with E-state index in [9.17, 15) is 9.59 Å². The highest BCUT2D eigenvalue weighted by molar-refractivity contribution is 5.96. The molecule has 0 spiro atoms. The van der Waals surface area contributed by atoms with Crippen molar-refractivity contribution in [2.45, 2.75) is 20.1 Å². The smallest absolute Gasteiger partial charge is 0.330 e. The molecule has 0 saturated heterocycles. The van der Waals surface area contributed by atoms with Crippen molar-refractivity contribution in [3.05, 3.63) is 68.9 Å². The zero-order valence-corrected chi connectivity index (χ0v) is 13.1. The van der Waals surface area contributed by atoms with Gasteiger partial charge in [0.2, 0.25) is 0 Å². The van der Waals surface area contributed by atoms with Crippen LogP contribution in [0.3, 0.4) is 0 Å². The molecule has 0 amide bonds. The minimum absolute atomic E-state index is 0.0845. The van der Waals surface area contributed by atoms with Crippen molar-refractivity contribution in [3.63, 3.8) is 0 Å². The lowest BCUT2D eigenvalue weighted by Crippen LogP contribution is -2.34. The molecule has 0 aliphatic carbocycles. The van der Waals surface area contributed by atoms with E-state index < -0.39 is 5.69 Å². The van der Waals surface area contributed by atoms with Crippen LogP contribution in [0.15, 0.2) is 52.1 Å². The Morgan fingerprint density at radius 2 is 1.83 bits per heavy atom. The van der Waals surface area contributed by atoms with E-state index in [4.69, 9.17) is 4.74 Å². The van der Waals surface area contributed by atoms with E-state index in [2.05, 4.69) is 4.98 Å². The molecule has 1 heterocycles. The van der Waals surface area contributed by atoms with Crippen LogP contribution in [0.25, 0.3) is 22.0 Å². The molecule has 2 aromatic carbocycles. The zero-order chi connectivity index (χ0) is 16.4. The number of nitrogens with one attached hydrogen (secondary N) is 1. The predicted octanol–water partition coefficient (Wildman–Crippen LogP) is 2.52. The molecule has 0 radical (unpaired) electrons. The van der Waals surface area contributed by atoms with E-state index in [1.54, 1.807) is 0 Å². The summed E-state index contributed by atoms with van der Waals surface area (Å²) < 4.78 is 6.64. The van der Waals surface area contributed by atoms with Gasteiger partial charge in [0.25, 0.3) is 5.56 Å². The van der Waals surface area contributed by atoms with Gasteiger partial charge in [-0.2, -0.15) is 0 Å². The summed E-state index contributed by atoms with van der Waals surface area (Å²) in [6.07, 6.45) is 0.526. The van der Waals surface area contributed by atoms with Crippen molar-refractivity contribution >= 4 is 10.8 Å². The molecule has 3 rings (SSSR count). The van der Waals surface area contributed by atoms with Crippen molar-refractivity contribution in [1.82, 2.24) is 9.55 Å². The predicted molar refractivity (Wildman–Crippen MR) is 90.7 cm³/mol. The second-order valence-electron chi connectivity index (χ2n) is 5.31. The van der Waals surface area contributed by atoms with Gasteiger partial charge in [-0.05, 0) is 17.2 Å². The van der Waals surface area contributed by atoms with Crippen molar-refractivity contribution < 1.29 is 4.74 Å². The minimum Gasteiger partial charge on any atom is -0.364 e. The molecule has 118 valence electrons. The molecule has 0 bridgehead atoms. The fourth-order valence-electron chi connectivity index (χ4n) is 2.93. The van der Waals surface area contributed by atoms with E-state index in [1.165, 1.54) is 11.7 Å². The second kappa shape index (κ2) is 6.22. The van der Waals surface area contributed by atoms with Gasteiger partial charge in [-0.3, -0.25) is 14.3 Å². The Morgan fingerprint density at radius 1 is 1.09 bits per heavy atom. The molecule has 5 heteroatoms. The highest BCUT2D eigenvalue weighted by atomic mass is 16.5. The Hall–Kier alpha value is -2.66. The quantitative estimate of drug-likeness (QED) is 0.805. The molecule has 1 aromatic heterocycles. The third-order valence-corrected chi connectivity index (χ3v) is 3.95. The molecule has 0 fully saturated rings. The normalized spacial score (nSPS) is 11.0. The summed E-state index contributed by atoms with van der Waals surface area (Å²) in [5, 5.41) is 2.06. The minimum atomic E-state index is -0.461. The van der Waals surface area contributed by atoms with Crippen molar-refractivity contribution in [3.8, 4) is 11.3 Å². The number of benzene rings is 2. The van der Waals surface area contributed by atoms with Crippen LogP contribution < -0.4 is 11.2 Å². The largest absolute Gasteiger partial charge is 0.364 e. The van der Waals surface area contributed by atoms with Gasteiger partial charge in [0.15, 0.2) is 0 Å². The molecule has 0 aliphatic heterocycles. The number of ether oxygens (including phenoxy) is 1. The molecular weight excluding hydrogens is 292 g/mol. The first-order valence-corrected chi connectivity index (χ1v) is 7.50. The number of hydrogen-bond acceptors (Lipinski definition) is 3. The van der Waals surface area contributed by atoms with E-state index in [0.717, 1.165) is 16.3 Å². The number of nitrogens with zero attached hydrogens (tertiary/aromatic N) is 1. The first-order valence-electron chi connectivity index (χ1n) is 7.50. The van der Waals surface area contributed by atoms with Gasteiger partial charge in [-0.1, -0.05) is 49.4 Å². The third kappa shape index (κ3) is 2.59. The van der Waals surface area contributed by atoms with Crippen molar-refractivity contribution in [2.75, 3.05) is 7.11 Å². The lowest BCUT2D eigenvalue weighted by atomic mass is 9.98. The molecule has 0 aliphatic rings. The van der Waals surface area contributed by atoms with Crippen molar-refractivity contribution in [1.29, 1.82) is 0 Å². The maximum atomic E-state index is 12.3. The van der Waals surface area contributed by atoms with Gasteiger partial charge in [0.1, 0.15) is 6.73 Å². The van der Waals surface area contributed by atoms with E-state index in [-0.39, 0.29) is 12.3 Å². The second-order valence-corrected chi connectivity index (χ2v) is 5.31. The highest BCUT2D eigenvalue weighted by Gasteiger charge is 2.17. The Kier molecular flexibility index (Phi) is 4.12. The first-order chi connectivity index (χ1) is 11.2. The number of aromatic amines is 1. The lowest BCUT2D eigenvalue weighted by Gasteiger charge is -2.16. The summed E-state index contributed by atoms with van der Waals surface area (Å²) in [6.45, 7) is 1.99. The topological polar surface area (TPSA) is 64.1 Å². The van der Waals surface area contributed by atoms with Crippen LogP contribution in [-0.4, -0.2) is 16.7 Å². The van der Waals surface area contributed by atoms with Crippen LogP contribution >= 0.6 is 0 Å². The van der Waals surface area contributed by atoms with Gasteiger partial charge >= 0.3 is 5.69 Å². The standard InChI is InChI=1S/C18H18N2O3/c1-3-13-16(20(11-23-2)18(22)19-17(13)21)15-10-6-8-12-7-4-5-9-14(12)15/h4-10H,3,11H2,1-2H3,(H,19,21,22). The first kappa shape index (κ1) is 15.2. The maximum absolute atomic E-state index is 12.3. The molecule has 3 aromatic rings. The molecule has 0 atom stereocenters. The molecule has 0 saturated carbocycles. The number of methoxy groups -OCH3 is 1.